The minimum absolute atomic E-state index is 0.158. The highest BCUT2D eigenvalue weighted by Crippen LogP contribution is 2.23. The maximum atomic E-state index is 13.1. The number of nitrogens with one attached hydrogen (secondary N) is 1. The van der Waals surface area contributed by atoms with E-state index in [1.807, 2.05) is 0 Å². The first kappa shape index (κ1) is 22.3. The van der Waals surface area contributed by atoms with Gasteiger partial charge in [0, 0.05) is 6.54 Å². The highest BCUT2D eigenvalue weighted by atomic mass is 35.5. The van der Waals surface area contributed by atoms with Crippen LogP contribution < -0.4 is 10.1 Å². The molecule has 1 aromatic heterocycles. The van der Waals surface area contributed by atoms with Crippen LogP contribution in [-0.4, -0.2) is 35.9 Å². The molecule has 0 aliphatic rings. The van der Waals surface area contributed by atoms with Crippen LogP contribution in [0, 0.1) is 12.7 Å². The third-order valence-corrected chi connectivity index (χ3v) is 5.04. The second-order valence-corrected chi connectivity index (χ2v) is 7.10. The molecule has 7 nitrogen and oxygen atoms in total. The summed E-state index contributed by atoms with van der Waals surface area (Å²) in [6.45, 7) is 2.14. The van der Waals surface area contributed by atoms with Crippen molar-refractivity contribution in [2.24, 2.45) is 0 Å². The van der Waals surface area contributed by atoms with Crippen molar-refractivity contribution in [3.8, 4) is 5.75 Å². The minimum atomic E-state index is -0.536. The lowest BCUT2D eigenvalue weighted by Crippen LogP contribution is -2.23. The van der Waals surface area contributed by atoms with Gasteiger partial charge in [-0.1, -0.05) is 29.8 Å². The molecular formula is C22H21ClFN3O4. The molecule has 3 rings (SSSR count). The molecule has 2 aromatic carbocycles. The molecule has 0 radical (unpaired) electrons. The van der Waals surface area contributed by atoms with Crippen molar-refractivity contribution < 1.29 is 23.5 Å². The number of esters is 1. The van der Waals surface area contributed by atoms with E-state index in [1.165, 1.54) is 31.0 Å². The second kappa shape index (κ2) is 9.61. The average Bonchev–Trinajstić information content (AvgIpc) is 3.05. The van der Waals surface area contributed by atoms with Crippen molar-refractivity contribution >= 4 is 23.5 Å². The maximum Gasteiger partial charge on any atom is 0.341 e. The van der Waals surface area contributed by atoms with Crippen molar-refractivity contribution in [1.29, 1.82) is 0 Å². The Labute approximate surface area is 183 Å². The summed E-state index contributed by atoms with van der Waals surface area (Å²) >= 11 is 6.40. The lowest BCUT2D eigenvalue weighted by Gasteiger charge is -2.10. The molecule has 1 amide bonds. The standard InChI is InChI=1S/C22H21ClFN3O4/c1-13-19(20(23)27(26-13)12-14-4-7-16(24)8-5-14)21(28)25-11-15-6-9-18(30-2)17(10-15)22(29)31-3/h4-10H,11-12H2,1-3H3,(H,25,28). The molecule has 0 aliphatic carbocycles. The van der Waals surface area contributed by atoms with Gasteiger partial charge in [0.25, 0.3) is 5.91 Å². The largest absolute Gasteiger partial charge is 0.496 e. The van der Waals surface area contributed by atoms with Crippen LogP contribution in [0.15, 0.2) is 42.5 Å². The number of rotatable bonds is 7. The molecule has 3 aromatic rings. The van der Waals surface area contributed by atoms with Gasteiger partial charge in [0.05, 0.1) is 32.0 Å². The van der Waals surface area contributed by atoms with Gasteiger partial charge in [0.1, 0.15) is 22.3 Å². The zero-order valence-corrected chi connectivity index (χ0v) is 18.0. The van der Waals surface area contributed by atoms with Crippen LogP contribution in [0.4, 0.5) is 4.39 Å². The van der Waals surface area contributed by atoms with Crippen LogP contribution >= 0.6 is 11.6 Å². The van der Waals surface area contributed by atoms with E-state index in [9.17, 15) is 14.0 Å². The summed E-state index contributed by atoms with van der Waals surface area (Å²) < 4.78 is 24.5. The van der Waals surface area contributed by atoms with Crippen LogP contribution in [0.1, 0.15) is 37.5 Å². The summed E-state index contributed by atoms with van der Waals surface area (Å²) in [4.78, 5) is 24.7. The number of nitrogens with zero attached hydrogens (tertiary/aromatic N) is 2. The third kappa shape index (κ3) is 5.03. The van der Waals surface area contributed by atoms with Gasteiger partial charge in [-0.2, -0.15) is 5.10 Å². The van der Waals surface area contributed by atoms with E-state index in [-0.39, 0.29) is 28.6 Å². The Morgan fingerprint density at radius 1 is 1.13 bits per heavy atom. The number of aryl methyl sites for hydroxylation is 1. The zero-order chi connectivity index (χ0) is 22.5. The predicted octanol–water partition coefficient (Wildman–Crippen LogP) is 3.76. The van der Waals surface area contributed by atoms with Crippen LogP contribution in [0.25, 0.3) is 0 Å². The van der Waals surface area contributed by atoms with E-state index in [1.54, 1.807) is 37.3 Å². The monoisotopic (exact) mass is 445 g/mol. The first-order chi connectivity index (χ1) is 14.8. The van der Waals surface area contributed by atoms with Crippen LogP contribution in [0.5, 0.6) is 5.75 Å². The minimum Gasteiger partial charge on any atom is -0.496 e. The molecule has 0 aliphatic heterocycles. The highest BCUT2D eigenvalue weighted by molar-refractivity contribution is 6.33. The van der Waals surface area contributed by atoms with Gasteiger partial charge in [0.2, 0.25) is 0 Å². The van der Waals surface area contributed by atoms with Gasteiger partial charge >= 0.3 is 5.97 Å². The van der Waals surface area contributed by atoms with E-state index < -0.39 is 11.9 Å². The summed E-state index contributed by atoms with van der Waals surface area (Å²) in [6, 6.07) is 10.9. The number of ether oxygens (including phenoxy) is 2. The molecule has 1 heterocycles. The molecular weight excluding hydrogens is 425 g/mol. The summed E-state index contributed by atoms with van der Waals surface area (Å²) in [6.07, 6.45) is 0. The van der Waals surface area contributed by atoms with E-state index in [2.05, 4.69) is 10.4 Å². The Bertz CT molecular complexity index is 1110. The third-order valence-electron chi connectivity index (χ3n) is 4.66. The van der Waals surface area contributed by atoms with Crippen molar-refractivity contribution in [2.75, 3.05) is 14.2 Å². The number of amides is 1. The van der Waals surface area contributed by atoms with Gasteiger partial charge in [-0.3, -0.25) is 4.79 Å². The first-order valence-electron chi connectivity index (χ1n) is 9.34. The summed E-state index contributed by atoms with van der Waals surface area (Å²) in [5, 5.41) is 7.30. The number of halogens is 2. The molecule has 31 heavy (non-hydrogen) atoms. The topological polar surface area (TPSA) is 82.5 Å². The molecule has 0 unspecified atom stereocenters. The Morgan fingerprint density at radius 2 is 1.81 bits per heavy atom. The predicted molar refractivity (Wildman–Crippen MR) is 113 cm³/mol. The van der Waals surface area contributed by atoms with Gasteiger partial charge in [-0.25, -0.2) is 13.9 Å². The zero-order valence-electron chi connectivity index (χ0n) is 17.2. The smallest absolute Gasteiger partial charge is 0.341 e. The quantitative estimate of drug-likeness (QED) is 0.560. The fourth-order valence-electron chi connectivity index (χ4n) is 3.08. The molecule has 0 bridgehead atoms. The molecule has 0 saturated carbocycles. The van der Waals surface area contributed by atoms with Crippen molar-refractivity contribution in [2.45, 2.75) is 20.0 Å². The number of hydrogen-bond donors (Lipinski definition) is 1. The Balaban J connectivity index is 1.74. The molecule has 1 N–H and O–H groups in total. The maximum absolute atomic E-state index is 13.1. The molecule has 9 heteroatoms. The van der Waals surface area contributed by atoms with Gasteiger partial charge < -0.3 is 14.8 Å². The molecule has 0 spiro atoms. The van der Waals surface area contributed by atoms with E-state index in [4.69, 9.17) is 21.1 Å². The van der Waals surface area contributed by atoms with Crippen LogP contribution in [0.3, 0.4) is 0 Å². The molecule has 0 fully saturated rings. The van der Waals surface area contributed by atoms with Crippen molar-refractivity contribution in [3.05, 3.63) is 81.4 Å². The Kier molecular flexibility index (Phi) is 6.91. The Hall–Kier alpha value is -3.39. The fourth-order valence-corrected chi connectivity index (χ4v) is 3.40. The number of carbonyl (C=O) groups excluding carboxylic acids is 2. The fraction of sp³-hybridized carbons (Fsp3) is 0.227. The van der Waals surface area contributed by atoms with Crippen molar-refractivity contribution in [3.63, 3.8) is 0 Å². The number of methoxy groups -OCH3 is 2. The SMILES string of the molecule is COC(=O)c1cc(CNC(=O)c2c(C)nn(Cc3ccc(F)cc3)c2Cl)ccc1OC. The lowest BCUT2D eigenvalue weighted by molar-refractivity contribution is 0.0597. The van der Waals surface area contributed by atoms with E-state index >= 15 is 0 Å². The highest BCUT2D eigenvalue weighted by Gasteiger charge is 2.21. The summed E-state index contributed by atoms with van der Waals surface area (Å²) in [7, 11) is 2.74. The van der Waals surface area contributed by atoms with Gasteiger partial charge in [-0.15, -0.1) is 0 Å². The lowest BCUT2D eigenvalue weighted by atomic mass is 10.1. The first-order valence-corrected chi connectivity index (χ1v) is 9.72. The van der Waals surface area contributed by atoms with Crippen LogP contribution in [0.2, 0.25) is 5.15 Å². The van der Waals surface area contributed by atoms with Gasteiger partial charge in [-0.05, 0) is 42.3 Å². The second-order valence-electron chi connectivity index (χ2n) is 6.74. The van der Waals surface area contributed by atoms with Crippen LogP contribution in [-0.2, 0) is 17.8 Å². The van der Waals surface area contributed by atoms with Gasteiger partial charge in [0.15, 0.2) is 0 Å². The Morgan fingerprint density at radius 3 is 2.45 bits per heavy atom. The molecule has 0 saturated heterocycles. The van der Waals surface area contributed by atoms with E-state index in [0.29, 0.717) is 23.6 Å². The van der Waals surface area contributed by atoms with E-state index in [0.717, 1.165) is 5.56 Å². The average molecular weight is 446 g/mol. The number of benzene rings is 2. The number of aromatic nitrogens is 2. The summed E-state index contributed by atoms with van der Waals surface area (Å²) in [5.74, 6) is -0.891. The molecule has 162 valence electrons. The number of carbonyl (C=O) groups is 2. The summed E-state index contributed by atoms with van der Waals surface area (Å²) in [5.41, 5.74) is 2.46. The van der Waals surface area contributed by atoms with Crippen molar-refractivity contribution in [1.82, 2.24) is 15.1 Å². The number of hydrogen-bond acceptors (Lipinski definition) is 5. The molecule has 0 atom stereocenters. The normalized spacial score (nSPS) is 10.6.